The van der Waals surface area contributed by atoms with Gasteiger partial charge in [0.2, 0.25) is 0 Å². The number of nitrogens with two attached hydrogens (primary N) is 2. The first-order valence-corrected chi connectivity index (χ1v) is 16.4. The number of aliphatic imine (C=N–C) groups is 1. The molecule has 0 saturated heterocycles. The second-order valence-electron chi connectivity index (χ2n) is 10.9. The number of nitrogens with one attached hydrogen (secondary N) is 1. The first-order valence-electron chi connectivity index (χ1n) is 14.4. The molecule has 0 radical (unpaired) electrons. The van der Waals surface area contributed by atoms with E-state index in [0.29, 0.717) is 17.7 Å². The molecule has 17 heteroatoms. The number of rotatable bonds is 11. The molecule has 6 N–H and O–H groups in total. The Labute approximate surface area is 272 Å². The van der Waals surface area contributed by atoms with Crippen molar-refractivity contribution in [2.45, 2.75) is 43.2 Å². The van der Waals surface area contributed by atoms with Crippen LogP contribution < -0.4 is 26.3 Å². The topological polar surface area (TPSA) is 128 Å². The van der Waals surface area contributed by atoms with E-state index in [9.17, 15) is 32.6 Å². The number of alkyl halides is 3. The number of nitrogen functional groups attached to an aromatic ring is 1. The monoisotopic (exact) mass is 711 g/mol. The lowest BCUT2D eigenvalue weighted by atomic mass is 9.95. The maximum Gasteiger partial charge on any atom is 0.398 e. The number of methoxy groups -OCH3 is 1. The molecule has 0 spiro atoms. The van der Waals surface area contributed by atoms with Gasteiger partial charge in [0.15, 0.2) is 0 Å². The molecular weight excluding hydrogens is 674 g/mol. The van der Waals surface area contributed by atoms with E-state index in [1.165, 1.54) is 25.5 Å². The van der Waals surface area contributed by atoms with Crippen LogP contribution >= 0.6 is 10.2 Å². The minimum atomic E-state index is -10.1. The molecule has 48 heavy (non-hydrogen) atoms. The fourth-order valence-electron chi connectivity index (χ4n) is 4.75. The molecule has 0 fully saturated rings. The molecule has 0 saturated carbocycles. The molecule has 266 valence electrons. The van der Waals surface area contributed by atoms with Crippen molar-refractivity contribution in [1.29, 1.82) is 0 Å². The minimum absolute atomic E-state index is 0.0172. The van der Waals surface area contributed by atoms with Gasteiger partial charge in [0.1, 0.15) is 28.0 Å². The SMILES string of the molecule is C=C(NCC(c1cc2c(c(-c3cccc(S(F)(F)(F)(F)F)c3)n1)OCC2C)C(F)(F)F)c1cc(C=NCCC)c(N)c(OC)c1.NCO. The first kappa shape index (κ1) is 38.4. The normalized spacial score (nSPS) is 16.6. The highest BCUT2D eigenvalue weighted by molar-refractivity contribution is 8.45. The molecular formula is C31H37F8N5O3S. The number of hydrogen-bond acceptors (Lipinski definition) is 8. The molecule has 1 aliphatic rings. The van der Waals surface area contributed by atoms with E-state index in [1.54, 1.807) is 13.0 Å². The molecule has 0 amide bonds. The van der Waals surface area contributed by atoms with Crippen LogP contribution in [0.3, 0.4) is 0 Å². The fraction of sp³-hybridized carbons (Fsp3) is 0.355. The summed E-state index contributed by atoms with van der Waals surface area (Å²) in [6.45, 7) is 6.99. The molecule has 8 nitrogen and oxygen atoms in total. The van der Waals surface area contributed by atoms with Crippen molar-refractivity contribution in [3.8, 4) is 22.8 Å². The second-order valence-corrected chi connectivity index (χ2v) is 13.3. The van der Waals surface area contributed by atoms with Crippen LogP contribution in [0, 0.1) is 0 Å². The van der Waals surface area contributed by atoms with Crippen LogP contribution in [0.2, 0.25) is 0 Å². The first-order chi connectivity index (χ1) is 22.1. The van der Waals surface area contributed by atoms with E-state index in [-0.39, 0.29) is 53.9 Å². The summed E-state index contributed by atoms with van der Waals surface area (Å²) in [5.74, 6) is -2.51. The van der Waals surface area contributed by atoms with E-state index in [2.05, 4.69) is 27.6 Å². The average molecular weight is 712 g/mol. The minimum Gasteiger partial charge on any atom is -0.495 e. The number of aliphatic hydroxyl groups is 1. The summed E-state index contributed by atoms with van der Waals surface area (Å²) >= 11 is 0. The van der Waals surface area contributed by atoms with Gasteiger partial charge in [0.05, 0.1) is 31.8 Å². The Hall–Kier alpha value is -4.09. The summed E-state index contributed by atoms with van der Waals surface area (Å²) in [4.78, 5) is 6.13. The van der Waals surface area contributed by atoms with Crippen molar-refractivity contribution >= 4 is 27.8 Å². The van der Waals surface area contributed by atoms with E-state index in [1.807, 2.05) is 6.92 Å². The maximum atomic E-state index is 14.5. The third kappa shape index (κ3) is 9.29. The summed E-state index contributed by atoms with van der Waals surface area (Å²) in [6.07, 6.45) is -2.57. The van der Waals surface area contributed by atoms with Crippen molar-refractivity contribution in [3.05, 3.63) is 71.4 Å². The molecule has 2 unspecified atom stereocenters. The average Bonchev–Trinajstić information content (AvgIpc) is 3.36. The van der Waals surface area contributed by atoms with E-state index < -0.39 is 56.6 Å². The number of fused-ring (bicyclic) bond motifs is 1. The molecule has 3 aromatic rings. The van der Waals surface area contributed by atoms with Crippen LogP contribution in [0.25, 0.3) is 17.0 Å². The quantitative estimate of drug-likeness (QED) is 0.0685. The van der Waals surface area contributed by atoms with Crippen LogP contribution in [0.5, 0.6) is 11.5 Å². The Morgan fingerprint density at radius 3 is 2.46 bits per heavy atom. The Morgan fingerprint density at radius 2 is 1.88 bits per heavy atom. The summed E-state index contributed by atoms with van der Waals surface area (Å²) in [7, 11) is -8.72. The second kappa shape index (κ2) is 13.8. The Bertz CT molecular complexity index is 1670. The zero-order valence-electron chi connectivity index (χ0n) is 26.3. The summed E-state index contributed by atoms with van der Waals surface area (Å²) in [6, 6.07) is 6.47. The van der Waals surface area contributed by atoms with E-state index >= 15 is 0 Å². The summed E-state index contributed by atoms with van der Waals surface area (Å²) in [5.41, 5.74) is 10.6. The van der Waals surface area contributed by atoms with Gasteiger partial charge in [0.25, 0.3) is 0 Å². The lowest BCUT2D eigenvalue weighted by molar-refractivity contribution is -0.149. The number of ether oxygens (including phenoxy) is 2. The van der Waals surface area contributed by atoms with Crippen molar-refractivity contribution in [1.82, 2.24) is 10.3 Å². The third-order valence-corrected chi connectivity index (χ3v) is 8.33. The predicted octanol–water partition coefficient (Wildman–Crippen LogP) is 8.12. The molecule has 2 atom stereocenters. The molecule has 2 heterocycles. The van der Waals surface area contributed by atoms with E-state index in [0.717, 1.165) is 18.6 Å². The molecule has 1 aromatic heterocycles. The Kier molecular flexibility index (Phi) is 11.0. The number of aromatic nitrogens is 1. The molecule has 0 bridgehead atoms. The molecule has 0 aliphatic carbocycles. The Balaban J connectivity index is 0.00000201. The lowest BCUT2D eigenvalue weighted by Gasteiger charge is -2.40. The number of anilines is 1. The van der Waals surface area contributed by atoms with Crippen LogP contribution in [0.15, 0.2) is 58.9 Å². The van der Waals surface area contributed by atoms with Gasteiger partial charge in [-0.3, -0.25) is 4.99 Å². The summed E-state index contributed by atoms with van der Waals surface area (Å²) in [5, 5.41) is 10.0. The van der Waals surface area contributed by atoms with Crippen molar-refractivity contribution in [3.63, 3.8) is 0 Å². The molecule has 1 aliphatic heterocycles. The third-order valence-electron chi connectivity index (χ3n) is 7.18. The van der Waals surface area contributed by atoms with Crippen LogP contribution in [0.1, 0.15) is 54.5 Å². The van der Waals surface area contributed by atoms with Crippen molar-refractivity contribution in [2.75, 3.05) is 39.3 Å². The molecule has 4 rings (SSSR count). The number of pyridine rings is 1. The van der Waals surface area contributed by atoms with Gasteiger partial charge in [-0.2, -0.15) is 13.2 Å². The standard InChI is InChI=1S/C30H32F8N4O2S.CH5NO/c1-5-9-40-14-21-10-20(12-26(43-4)27(21)39)18(3)41-15-24(30(31,32)33)25-13-23-17(2)16-44-29(23)28(42-25)19-7-6-8-22(11-19)45(34,35,36,37)38;2-1-3/h6-8,10-14,17,24,41H,3,5,9,15-16,39H2,1-2,4H3;3H,1-2H2. The van der Waals surface area contributed by atoms with Crippen LogP contribution in [-0.4, -0.2) is 56.0 Å². The zero-order chi connectivity index (χ0) is 36.1. The highest BCUT2D eigenvalue weighted by atomic mass is 32.5. The zero-order valence-corrected chi connectivity index (χ0v) is 27.1. The lowest BCUT2D eigenvalue weighted by Crippen LogP contribution is -2.32. The number of halogens is 8. The van der Waals surface area contributed by atoms with Crippen molar-refractivity contribution in [2.24, 2.45) is 10.7 Å². The van der Waals surface area contributed by atoms with E-state index in [4.69, 9.17) is 20.3 Å². The number of nitrogens with zero attached hydrogens (tertiary/aromatic N) is 2. The Morgan fingerprint density at radius 1 is 1.21 bits per heavy atom. The van der Waals surface area contributed by atoms with Gasteiger partial charge in [0, 0.05) is 53.2 Å². The van der Waals surface area contributed by atoms with Gasteiger partial charge in [-0.1, -0.05) is 52.0 Å². The maximum absolute atomic E-state index is 14.5. The van der Waals surface area contributed by atoms with Gasteiger partial charge in [-0.25, -0.2) is 4.98 Å². The number of hydrogen-bond donors (Lipinski definition) is 4. The molecule has 2 aromatic carbocycles. The van der Waals surface area contributed by atoms with Gasteiger partial charge >= 0.3 is 16.4 Å². The number of aliphatic hydroxyl groups excluding tert-OH is 1. The fourth-order valence-corrected chi connectivity index (χ4v) is 5.44. The largest absolute Gasteiger partial charge is 0.495 e. The van der Waals surface area contributed by atoms with Crippen molar-refractivity contribution < 1.29 is 47.2 Å². The smallest absolute Gasteiger partial charge is 0.398 e. The van der Waals surface area contributed by atoms with Gasteiger partial charge < -0.3 is 31.4 Å². The summed E-state index contributed by atoms with van der Waals surface area (Å²) < 4.78 is 122. The van der Waals surface area contributed by atoms with Crippen LogP contribution in [0.4, 0.5) is 38.3 Å². The predicted molar refractivity (Wildman–Crippen MR) is 172 cm³/mol. The number of benzene rings is 2. The van der Waals surface area contributed by atoms with Gasteiger partial charge in [-0.05, 0) is 36.8 Å². The highest BCUT2D eigenvalue weighted by Gasteiger charge is 2.65. The van der Waals surface area contributed by atoms with Crippen LogP contribution in [-0.2, 0) is 0 Å². The van der Waals surface area contributed by atoms with Gasteiger partial charge in [-0.15, -0.1) is 0 Å². The highest BCUT2D eigenvalue weighted by Crippen LogP contribution is 3.02.